The minimum Gasteiger partial charge on any atom is -0.351 e. The van der Waals surface area contributed by atoms with Crippen LogP contribution in [0.4, 0.5) is 0 Å². The van der Waals surface area contributed by atoms with Crippen LogP contribution in [0.15, 0.2) is 71.6 Å². The van der Waals surface area contributed by atoms with Gasteiger partial charge in [0.1, 0.15) is 0 Å². The first kappa shape index (κ1) is 21.5. The molecule has 1 N–H and O–H groups in total. The van der Waals surface area contributed by atoms with E-state index in [2.05, 4.69) is 10.2 Å². The van der Waals surface area contributed by atoms with E-state index in [1.807, 2.05) is 61.5 Å². The van der Waals surface area contributed by atoms with E-state index in [0.717, 1.165) is 16.3 Å². The van der Waals surface area contributed by atoms with Crippen LogP contribution in [0.5, 0.6) is 0 Å². The Morgan fingerprint density at radius 3 is 2.29 bits per heavy atom. The van der Waals surface area contributed by atoms with Gasteiger partial charge in [-0.1, -0.05) is 48.0 Å². The zero-order valence-electron chi connectivity index (χ0n) is 17.6. The molecule has 7 heteroatoms. The average Bonchev–Trinajstić information content (AvgIpc) is 2.79. The molecule has 6 nitrogen and oxygen atoms in total. The molecule has 0 unspecified atom stereocenters. The Hall–Kier alpha value is -2.74. The molecule has 31 heavy (non-hydrogen) atoms. The first-order valence-electron chi connectivity index (χ1n) is 10.5. The van der Waals surface area contributed by atoms with Gasteiger partial charge in [0.2, 0.25) is 10.0 Å². The number of nitrogens with one attached hydrogen (secondary N) is 1. The Labute approximate surface area is 183 Å². The number of amides is 1. The fourth-order valence-electron chi connectivity index (χ4n) is 3.81. The lowest BCUT2D eigenvalue weighted by Crippen LogP contribution is -2.50. The molecule has 1 aliphatic heterocycles. The molecule has 4 rings (SSSR count). The third-order valence-electron chi connectivity index (χ3n) is 5.72. The summed E-state index contributed by atoms with van der Waals surface area (Å²) in [6.07, 6.45) is 0. The monoisotopic (exact) mass is 437 g/mol. The van der Waals surface area contributed by atoms with Crippen molar-refractivity contribution in [3.05, 3.63) is 77.9 Å². The van der Waals surface area contributed by atoms with E-state index >= 15 is 0 Å². The number of hydrogen-bond donors (Lipinski definition) is 1. The molecular weight excluding hydrogens is 410 g/mol. The van der Waals surface area contributed by atoms with Crippen LogP contribution in [-0.2, 0) is 10.0 Å². The van der Waals surface area contributed by atoms with Gasteiger partial charge < -0.3 is 5.32 Å². The maximum atomic E-state index is 12.8. The second kappa shape index (κ2) is 9.18. The molecule has 0 bridgehead atoms. The topological polar surface area (TPSA) is 69.7 Å². The van der Waals surface area contributed by atoms with E-state index in [0.29, 0.717) is 49.7 Å². The van der Waals surface area contributed by atoms with Crippen molar-refractivity contribution in [1.29, 1.82) is 0 Å². The quantitative estimate of drug-likeness (QED) is 0.644. The normalized spacial score (nSPS) is 15.8. The molecule has 1 heterocycles. The fourth-order valence-corrected chi connectivity index (χ4v) is 5.24. The SMILES string of the molecule is Cc1ccc(S(=O)(=O)N2CCN(CCNC(=O)c3ccc4ccccc4c3)CC2)cc1. The average molecular weight is 438 g/mol. The predicted molar refractivity (Wildman–Crippen MR) is 123 cm³/mol. The van der Waals surface area contributed by atoms with Gasteiger partial charge in [-0.05, 0) is 42.0 Å². The third kappa shape index (κ3) is 4.95. The minimum absolute atomic E-state index is 0.0914. The van der Waals surface area contributed by atoms with Crippen LogP contribution in [0, 0.1) is 6.92 Å². The van der Waals surface area contributed by atoms with Gasteiger partial charge in [-0.15, -0.1) is 0 Å². The predicted octanol–water partition coefficient (Wildman–Crippen LogP) is 2.88. The number of aryl methyl sites for hydroxylation is 1. The van der Waals surface area contributed by atoms with Crippen LogP contribution in [0.3, 0.4) is 0 Å². The van der Waals surface area contributed by atoms with Gasteiger partial charge in [-0.25, -0.2) is 8.42 Å². The highest BCUT2D eigenvalue weighted by Gasteiger charge is 2.28. The molecule has 1 aliphatic rings. The second-order valence-corrected chi connectivity index (χ2v) is 9.81. The van der Waals surface area contributed by atoms with Crippen molar-refractivity contribution < 1.29 is 13.2 Å². The number of hydrogen-bond acceptors (Lipinski definition) is 4. The number of carbonyl (C=O) groups excluding carboxylic acids is 1. The summed E-state index contributed by atoms with van der Waals surface area (Å²) in [5.74, 6) is -0.0914. The largest absolute Gasteiger partial charge is 0.351 e. The molecule has 3 aromatic rings. The molecule has 1 saturated heterocycles. The summed E-state index contributed by atoms with van der Waals surface area (Å²) < 4.78 is 27.2. The van der Waals surface area contributed by atoms with Crippen molar-refractivity contribution in [3.8, 4) is 0 Å². The number of nitrogens with zero attached hydrogens (tertiary/aromatic N) is 2. The van der Waals surface area contributed by atoms with Crippen LogP contribution in [0.25, 0.3) is 10.8 Å². The van der Waals surface area contributed by atoms with Crippen molar-refractivity contribution in [1.82, 2.24) is 14.5 Å². The van der Waals surface area contributed by atoms with E-state index < -0.39 is 10.0 Å². The zero-order valence-corrected chi connectivity index (χ0v) is 18.4. The molecular formula is C24H27N3O3S. The second-order valence-electron chi connectivity index (χ2n) is 7.88. The van der Waals surface area contributed by atoms with Gasteiger partial charge in [-0.3, -0.25) is 9.69 Å². The standard InChI is InChI=1S/C24H27N3O3S/c1-19-6-10-23(11-7-19)31(29,30)27-16-14-26(15-17-27)13-12-25-24(28)22-9-8-20-4-2-3-5-21(20)18-22/h2-11,18H,12-17H2,1H3,(H,25,28). The lowest BCUT2D eigenvalue weighted by molar-refractivity contribution is 0.0945. The van der Waals surface area contributed by atoms with Crippen molar-refractivity contribution in [3.63, 3.8) is 0 Å². The van der Waals surface area contributed by atoms with Crippen LogP contribution in [-0.4, -0.2) is 62.8 Å². The highest BCUT2D eigenvalue weighted by molar-refractivity contribution is 7.89. The molecule has 1 amide bonds. The van der Waals surface area contributed by atoms with Gasteiger partial charge in [0.05, 0.1) is 4.90 Å². The molecule has 0 spiro atoms. The lowest BCUT2D eigenvalue weighted by atomic mass is 10.1. The fraction of sp³-hybridized carbons (Fsp3) is 0.292. The lowest BCUT2D eigenvalue weighted by Gasteiger charge is -2.34. The van der Waals surface area contributed by atoms with Gasteiger partial charge in [0, 0.05) is 44.8 Å². The number of carbonyl (C=O) groups is 1. The summed E-state index contributed by atoms with van der Waals surface area (Å²) in [6.45, 7) is 5.36. The van der Waals surface area contributed by atoms with E-state index in [4.69, 9.17) is 0 Å². The van der Waals surface area contributed by atoms with Gasteiger partial charge in [0.15, 0.2) is 0 Å². The third-order valence-corrected chi connectivity index (χ3v) is 7.63. The summed E-state index contributed by atoms with van der Waals surface area (Å²) in [7, 11) is -3.45. The molecule has 0 aromatic heterocycles. The maximum Gasteiger partial charge on any atom is 0.251 e. The van der Waals surface area contributed by atoms with E-state index in [1.165, 1.54) is 0 Å². The zero-order chi connectivity index (χ0) is 21.8. The van der Waals surface area contributed by atoms with E-state index in [-0.39, 0.29) is 5.91 Å². The molecule has 0 saturated carbocycles. The number of rotatable bonds is 6. The molecule has 0 atom stereocenters. The van der Waals surface area contributed by atoms with E-state index in [1.54, 1.807) is 16.4 Å². The molecule has 0 aliphatic carbocycles. The Bertz CT molecular complexity index is 1170. The number of piperazine rings is 1. The summed E-state index contributed by atoms with van der Waals surface area (Å²) in [6, 6.07) is 20.6. The molecule has 3 aromatic carbocycles. The van der Waals surface area contributed by atoms with Crippen molar-refractivity contribution in [2.24, 2.45) is 0 Å². The van der Waals surface area contributed by atoms with Crippen LogP contribution >= 0.6 is 0 Å². The van der Waals surface area contributed by atoms with Gasteiger partial charge in [-0.2, -0.15) is 4.31 Å². The Kier molecular flexibility index (Phi) is 6.36. The van der Waals surface area contributed by atoms with Crippen molar-refractivity contribution in [2.75, 3.05) is 39.3 Å². The molecule has 162 valence electrons. The Morgan fingerprint density at radius 2 is 1.58 bits per heavy atom. The maximum absolute atomic E-state index is 12.8. The van der Waals surface area contributed by atoms with Crippen LogP contribution in [0.2, 0.25) is 0 Å². The summed E-state index contributed by atoms with van der Waals surface area (Å²) in [5, 5.41) is 5.12. The smallest absolute Gasteiger partial charge is 0.251 e. The van der Waals surface area contributed by atoms with Crippen LogP contribution in [0.1, 0.15) is 15.9 Å². The van der Waals surface area contributed by atoms with Crippen molar-refractivity contribution >= 4 is 26.7 Å². The highest BCUT2D eigenvalue weighted by Crippen LogP contribution is 2.18. The highest BCUT2D eigenvalue weighted by atomic mass is 32.2. The first-order chi connectivity index (χ1) is 14.9. The number of sulfonamides is 1. The summed E-state index contributed by atoms with van der Waals surface area (Å²) in [5.41, 5.74) is 1.68. The first-order valence-corrected chi connectivity index (χ1v) is 11.9. The Morgan fingerprint density at radius 1 is 0.903 bits per heavy atom. The van der Waals surface area contributed by atoms with E-state index in [9.17, 15) is 13.2 Å². The summed E-state index contributed by atoms with van der Waals surface area (Å²) in [4.78, 5) is 15.0. The van der Waals surface area contributed by atoms with Gasteiger partial charge in [0.25, 0.3) is 5.91 Å². The Balaban J connectivity index is 1.26. The van der Waals surface area contributed by atoms with Gasteiger partial charge >= 0.3 is 0 Å². The minimum atomic E-state index is -3.45. The summed E-state index contributed by atoms with van der Waals surface area (Å²) >= 11 is 0. The van der Waals surface area contributed by atoms with Crippen LogP contribution < -0.4 is 5.32 Å². The number of fused-ring (bicyclic) bond motifs is 1. The number of benzene rings is 3. The molecule has 1 fully saturated rings. The van der Waals surface area contributed by atoms with Crippen molar-refractivity contribution in [2.45, 2.75) is 11.8 Å². The molecule has 0 radical (unpaired) electrons.